The molecule has 1 aliphatic carbocycles. The summed E-state index contributed by atoms with van der Waals surface area (Å²) < 4.78 is 50.3. The van der Waals surface area contributed by atoms with Gasteiger partial charge in [0.05, 0.1) is 17.0 Å². The molecule has 1 saturated carbocycles. The molecule has 0 aromatic heterocycles. The van der Waals surface area contributed by atoms with Crippen LogP contribution in [0.1, 0.15) is 45.1 Å². The molecule has 2 aromatic rings. The summed E-state index contributed by atoms with van der Waals surface area (Å²) in [5, 5.41) is 21.3. The third kappa shape index (κ3) is 6.07. The van der Waals surface area contributed by atoms with Crippen LogP contribution < -0.4 is 19.5 Å². The first-order valence-electron chi connectivity index (χ1n) is 13.8. The van der Waals surface area contributed by atoms with Crippen LogP contribution in [0.25, 0.3) is 0 Å². The molecule has 3 atom stereocenters. The molecule has 12 heteroatoms. The van der Waals surface area contributed by atoms with Crippen LogP contribution in [0, 0.1) is 17.2 Å². The van der Waals surface area contributed by atoms with Gasteiger partial charge in [-0.1, -0.05) is 25.0 Å². The number of nitriles is 1. The Labute approximate surface area is 239 Å². The van der Waals surface area contributed by atoms with E-state index >= 15 is 0 Å². The van der Waals surface area contributed by atoms with Gasteiger partial charge in [-0.15, -0.1) is 0 Å². The van der Waals surface area contributed by atoms with Crippen molar-refractivity contribution >= 4 is 15.9 Å². The zero-order valence-electron chi connectivity index (χ0n) is 23.1. The maximum absolute atomic E-state index is 14.0. The molecule has 1 saturated heterocycles. The van der Waals surface area contributed by atoms with Gasteiger partial charge < -0.3 is 24.1 Å². The van der Waals surface area contributed by atoms with Crippen LogP contribution in [0.3, 0.4) is 0 Å². The second-order valence-corrected chi connectivity index (χ2v) is 13.1. The Kier molecular flexibility index (Phi) is 8.31. The molecule has 11 nitrogen and oxygen atoms in total. The standard InChI is InChI=1S/C29H35N3O8S/c1-29(2)32(28(33)34)23(15-19-7-9-21(10-8-19)37-14-13-30)26(40-29)17-31-27(20-5-3-4-6-20)41(35,36)22-11-12-24-25(16-22)39-18-38-24/h7-12,16,20,23,26-27,31H,3-6,14-15,17-18H2,1-2H3,(H,33,34)/t23-,26+,27?/m0/s1. The van der Waals surface area contributed by atoms with Crippen molar-refractivity contribution in [2.45, 2.75) is 74.1 Å². The van der Waals surface area contributed by atoms with Crippen LogP contribution in [0.15, 0.2) is 47.4 Å². The van der Waals surface area contributed by atoms with Crippen LogP contribution in [0.2, 0.25) is 0 Å². The number of fused-ring (bicyclic) bond motifs is 1. The lowest BCUT2D eigenvalue weighted by atomic mass is 9.99. The number of sulfone groups is 1. The second kappa shape index (κ2) is 11.8. The van der Waals surface area contributed by atoms with Crippen molar-refractivity contribution in [3.63, 3.8) is 0 Å². The minimum atomic E-state index is -3.81. The zero-order valence-corrected chi connectivity index (χ0v) is 23.9. The number of nitrogens with zero attached hydrogens (tertiary/aromatic N) is 2. The Morgan fingerprint density at radius 3 is 2.56 bits per heavy atom. The van der Waals surface area contributed by atoms with Crippen molar-refractivity contribution in [2.24, 2.45) is 5.92 Å². The Bertz CT molecular complexity index is 1400. The minimum absolute atomic E-state index is 0.0506. The van der Waals surface area contributed by atoms with Gasteiger partial charge in [0.2, 0.25) is 6.79 Å². The Morgan fingerprint density at radius 1 is 1.17 bits per heavy atom. The average Bonchev–Trinajstić information content (AvgIpc) is 3.67. The Balaban J connectivity index is 1.38. The fourth-order valence-corrected chi connectivity index (χ4v) is 8.06. The maximum Gasteiger partial charge on any atom is 0.409 e. The summed E-state index contributed by atoms with van der Waals surface area (Å²) in [6, 6.07) is 13.1. The van der Waals surface area contributed by atoms with Gasteiger partial charge in [0.25, 0.3) is 0 Å². The van der Waals surface area contributed by atoms with Gasteiger partial charge in [0.15, 0.2) is 27.9 Å². The number of hydrogen-bond acceptors (Lipinski definition) is 9. The van der Waals surface area contributed by atoms with Crippen molar-refractivity contribution in [1.29, 1.82) is 5.26 Å². The topological polar surface area (TPSA) is 147 Å². The van der Waals surface area contributed by atoms with Gasteiger partial charge in [-0.25, -0.2) is 13.2 Å². The summed E-state index contributed by atoms with van der Waals surface area (Å²) in [4.78, 5) is 13.8. The molecule has 0 bridgehead atoms. The lowest BCUT2D eigenvalue weighted by molar-refractivity contribution is -0.0658. The van der Waals surface area contributed by atoms with Crippen molar-refractivity contribution in [1.82, 2.24) is 10.2 Å². The summed E-state index contributed by atoms with van der Waals surface area (Å²) in [7, 11) is -3.81. The molecule has 3 aliphatic rings. The molecule has 1 amide bonds. The Hall–Kier alpha value is -3.53. The molecule has 2 N–H and O–H groups in total. The van der Waals surface area contributed by atoms with Crippen molar-refractivity contribution in [3.8, 4) is 23.3 Å². The SMILES string of the molecule is CC1(C)O[C@H](CNC(C2CCCC2)S(=O)(=O)c2ccc3c(c2)OCO3)[C@H](Cc2ccc(OCC#N)cc2)N1C(=O)O. The first kappa shape index (κ1) is 29.0. The van der Waals surface area contributed by atoms with E-state index in [1.807, 2.05) is 18.2 Å². The van der Waals surface area contributed by atoms with Crippen LogP contribution in [0.5, 0.6) is 17.2 Å². The number of carbonyl (C=O) groups is 1. The molecule has 5 rings (SSSR count). The van der Waals surface area contributed by atoms with Crippen LogP contribution in [-0.4, -0.2) is 67.7 Å². The molecule has 2 fully saturated rings. The summed E-state index contributed by atoms with van der Waals surface area (Å²) >= 11 is 0. The van der Waals surface area contributed by atoms with E-state index in [0.29, 0.717) is 23.7 Å². The molecule has 2 aromatic carbocycles. The molecule has 220 valence electrons. The van der Waals surface area contributed by atoms with E-state index in [2.05, 4.69) is 5.32 Å². The van der Waals surface area contributed by atoms with Crippen molar-refractivity contribution < 1.29 is 37.3 Å². The Morgan fingerprint density at radius 2 is 1.88 bits per heavy atom. The second-order valence-electron chi connectivity index (χ2n) is 11.1. The van der Waals surface area contributed by atoms with Crippen LogP contribution in [-0.2, 0) is 21.0 Å². The summed E-state index contributed by atoms with van der Waals surface area (Å²) in [5.41, 5.74) is -0.255. The molecular weight excluding hydrogens is 550 g/mol. The molecule has 0 radical (unpaired) electrons. The molecular formula is C29H35N3O8S. The molecule has 2 aliphatic heterocycles. The lowest BCUT2D eigenvalue weighted by Gasteiger charge is -2.31. The third-order valence-electron chi connectivity index (χ3n) is 8.01. The highest BCUT2D eigenvalue weighted by molar-refractivity contribution is 7.92. The number of carboxylic acid groups (broad SMARTS) is 1. The smallest absolute Gasteiger partial charge is 0.409 e. The third-order valence-corrected chi connectivity index (χ3v) is 10.1. The van der Waals surface area contributed by atoms with Gasteiger partial charge in [0, 0.05) is 12.6 Å². The maximum atomic E-state index is 14.0. The van der Waals surface area contributed by atoms with Gasteiger partial charge in [-0.05, 0) is 68.9 Å². The van der Waals surface area contributed by atoms with E-state index in [9.17, 15) is 18.3 Å². The lowest BCUT2D eigenvalue weighted by Crippen LogP contribution is -2.50. The molecule has 0 spiro atoms. The van der Waals surface area contributed by atoms with E-state index in [1.54, 1.807) is 38.1 Å². The van der Waals surface area contributed by atoms with Gasteiger partial charge in [-0.2, -0.15) is 5.26 Å². The number of amides is 1. The number of rotatable bonds is 10. The summed E-state index contributed by atoms with van der Waals surface area (Å²) in [6.07, 6.45) is 2.10. The molecule has 41 heavy (non-hydrogen) atoms. The highest BCUT2D eigenvalue weighted by atomic mass is 32.2. The predicted octanol–water partition coefficient (Wildman–Crippen LogP) is 3.92. The molecule has 1 unspecified atom stereocenters. The first-order valence-corrected chi connectivity index (χ1v) is 15.3. The highest BCUT2D eigenvalue weighted by Gasteiger charge is 2.50. The molecule has 2 heterocycles. The van der Waals surface area contributed by atoms with E-state index < -0.39 is 39.2 Å². The fourth-order valence-electron chi connectivity index (χ4n) is 6.15. The van der Waals surface area contributed by atoms with E-state index in [4.69, 9.17) is 24.2 Å². The summed E-state index contributed by atoms with van der Waals surface area (Å²) in [6.45, 7) is 3.53. The van der Waals surface area contributed by atoms with E-state index in [0.717, 1.165) is 31.2 Å². The predicted molar refractivity (Wildman–Crippen MR) is 147 cm³/mol. The largest absolute Gasteiger partial charge is 0.479 e. The highest BCUT2D eigenvalue weighted by Crippen LogP contribution is 2.39. The van der Waals surface area contributed by atoms with E-state index in [1.165, 1.54) is 11.0 Å². The number of benzene rings is 2. The number of ether oxygens (including phenoxy) is 4. The van der Waals surface area contributed by atoms with Crippen molar-refractivity contribution in [2.75, 3.05) is 19.9 Å². The fraction of sp³-hybridized carbons (Fsp3) is 0.517. The number of nitrogens with one attached hydrogen (secondary N) is 1. The zero-order chi connectivity index (χ0) is 29.2. The van der Waals surface area contributed by atoms with Crippen LogP contribution >= 0.6 is 0 Å². The average molecular weight is 586 g/mol. The van der Waals surface area contributed by atoms with Gasteiger partial charge in [0.1, 0.15) is 22.9 Å². The van der Waals surface area contributed by atoms with Crippen LogP contribution in [0.4, 0.5) is 4.79 Å². The van der Waals surface area contributed by atoms with Gasteiger partial charge >= 0.3 is 6.09 Å². The van der Waals surface area contributed by atoms with Crippen molar-refractivity contribution in [3.05, 3.63) is 48.0 Å². The quantitative estimate of drug-likeness (QED) is 0.420. The summed E-state index contributed by atoms with van der Waals surface area (Å²) in [5.74, 6) is 1.37. The first-order chi connectivity index (χ1) is 19.6. The minimum Gasteiger partial charge on any atom is -0.479 e. The van der Waals surface area contributed by atoms with Gasteiger partial charge in [-0.3, -0.25) is 10.2 Å². The normalized spacial score (nSPS) is 22.4. The number of hydrogen-bond donors (Lipinski definition) is 2. The monoisotopic (exact) mass is 585 g/mol. The van der Waals surface area contributed by atoms with E-state index in [-0.39, 0.29) is 30.8 Å².